The average molecular weight is 292 g/mol. The van der Waals surface area contributed by atoms with Crippen molar-refractivity contribution in [2.75, 3.05) is 0 Å². The maximum absolute atomic E-state index is 4.29. The molecule has 0 saturated carbocycles. The number of hydrogen-bond acceptors (Lipinski definition) is 0. The van der Waals surface area contributed by atoms with Gasteiger partial charge in [0.15, 0.2) is 0 Å². The van der Waals surface area contributed by atoms with E-state index in [0.717, 1.165) is 25.7 Å². The van der Waals surface area contributed by atoms with Crippen molar-refractivity contribution in [2.45, 2.75) is 52.4 Å². The van der Waals surface area contributed by atoms with Crippen LogP contribution in [0.3, 0.4) is 0 Å². The smallest absolute Gasteiger partial charge is 0.0258 e. The van der Waals surface area contributed by atoms with Gasteiger partial charge < -0.3 is 0 Å². The predicted molar refractivity (Wildman–Crippen MR) is 98.2 cm³/mol. The molecule has 1 unspecified atom stereocenters. The van der Waals surface area contributed by atoms with Gasteiger partial charge in [0.2, 0.25) is 0 Å². The first-order chi connectivity index (χ1) is 10.6. The summed E-state index contributed by atoms with van der Waals surface area (Å²) < 4.78 is 0. The van der Waals surface area contributed by atoms with Crippen LogP contribution in [0.2, 0.25) is 0 Å². The molecule has 116 valence electrons. The zero-order valence-corrected chi connectivity index (χ0v) is 14.2. The van der Waals surface area contributed by atoms with Crippen LogP contribution in [0.5, 0.6) is 0 Å². The summed E-state index contributed by atoms with van der Waals surface area (Å²) in [5.74, 6) is 0.356. The monoisotopic (exact) mass is 292 g/mol. The second kappa shape index (κ2) is 7.98. The lowest BCUT2D eigenvalue weighted by Gasteiger charge is -2.25. The third-order valence-corrected chi connectivity index (χ3v) is 4.28. The lowest BCUT2D eigenvalue weighted by molar-refractivity contribution is 0.805. The minimum Gasteiger partial charge on any atom is -0.0992 e. The summed E-state index contributed by atoms with van der Waals surface area (Å²) in [6, 6.07) is 8.85. The van der Waals surface area contributed by atoms with Crippen LogP contribution < -0.4 is 0 Å². The van der Waals surface area contributed by atoms with Gasteiger partial charge in [0.1, 0.15) is 0 Å². The molecule has 0 heterocycles. The molecule has 0 amide bonds. The highest BCUT2D eigenvalue weighted by atomic mass is 14.2. The van der Waals surface area contributed by atoms with Crippen molar-refractivity contribution in [1.29, 1.82) is 0 Å². The molecule has 0 spiro atoms. The second-order valence-electron chi connectivity index (χ2n) is 6.27. The summed E-state index contributed by atoms with van der Waals surface area (Å²) in [6.45, 7) is 10.8. The predicted octanol–water partition coefficient (Wildman–Crippen LogP) is 6.52. The lowest BCUT2D eigenvalue weighted by Crippen LogP contribution is -2.09. The number of benzene rings is 1. The molecule has 22 heavy (non-hydrogen) atoms. The van der Waals surface area contributed by atoms with E-state index in [-0.39, 0.29) is 0 Å². The van der Waals surface area contributed by atoms with Crippen LogP contribution in [-0.2, 0) is 6.42 Å². The first-order valence-electron chi connectivity index (χ1n) is 8.39. The zero-order chi connectivity index (χ0) is 15.9. The molecule has 1 aliphatic carbocycles. The Bertz CT molecular complexity index is 611. The van der Waals surface area contributed by atoms with Gasteiger partial charge >= 0.3 is 0 Å². The molecule has 0 aliphatic heterocycles. The van der Waals surface area contributed by atoms with E-state index in [4.69, 9.17) is 0 Å². The molecule has 0 heteroatoms. The molecule has 0 nitrogen and oxygen atoms in total. The molecule has 0 fully saturated rings. The van der Waals surface area contributed by atoms with Crippen molar-refractivity contribution in [3.05, 3.63) is 83.0 Å². The highest BCUT2D eigenvalue weighted by Crippen LogP contribution is 2.37. The lowest BCUT2D eigenvalue weighted by atomic mass is 9.79. The Morgan fingerprint density at radius 2 is 2.05 bits per heavy atom. The summed E-state index contributed by atoms with van der Waals surface area (Å²) in [5.41, 5.74) is 6.99. The van der Waals surface area contributed by atoms with Gasteiger partial charge in [-0.25, -0.2) is 0 Å². The standard InChI is InChI=1S/C22H28/c1-5-6-7-12-19-13-8-9-15-21(19)22(17(2)3)20-14-10-11-18(4)16-20/h6-9,11,13,15-16,22H,2,5,10,12,14H2,1,3-4H3/b7-6-. The summed E-state index contributed by atoms with van der Waals surface area (Å²) in [5, 5.41) is 0. The van der Waals surface area contributed by atoms with Gasteiger partial charge in [0, 0.05) is 5.92 Å². The minimum absolute atomic E-state index is 0.356. The van der Waals surface area contributed by atoms with Crippen LogP contribution >= 0.6 is 0 Å². The Morgan fingerprint density at radius 1 is 1.27 bits per heavy atom. The maximum atomic E-state index is 4.29. The number of allylic oxidation sites excluding steroid dienone is 7. The normalized spacial score (nSPS) is 16.3. The summed E-state index contributed by atoms with van der Waals surface area (Å²) in [6.07, 6.45) is 13.6. The fourth-order valence-corrected chi connectivity index (χ4v) is 3.28. The van der Waals surface area contributed by atoms with Gasteiger partial charge in [-0.05, 0) is 50.7 Å². The van der Waals surface area contributed by atoms with Crippen LogP contribution in [0.4, 0.5) is 0 Å². The molecule has 1 aliphatic rings. The van der Waals surface area contributed by atoms with E-state index in [0.29, 0.717) is 5.92 Å². The number of rotatable bonds is 6. The Morgan fingerprint density at radius 3 is 2.73 bits per heavy atom. The van der Waals surface area contributed by atoms with Crippen LogP contribution in [-0.4, -0.2) is 0 Å². The van der Waals surface area contributed by atoms with Gasteiger partial charge in [-0.1, -0.05) is 78.8 Å². The van der Waals surface area contributed by atoms with Gasteiger partial charge in [0.25, 0.3) is 0 Å². The maximum Gasteiger partial charge on any atom is 0.0258 e. The van der Waals surface area contributed by atoms with E-state index in [9.17, 15) is 0 Å². The van der Waals surface area contributed by atoms with Crippen LogP contribution in [0.1, 0.15) is 57.1 Å². The topological polar surface area (TPSA) is 0 Å². The fraction of sp³-hybridized carbons (Fsp3) is 0.364. The first-order valence-corrected chi connectivity index (χ1v) is 8.39. The third-order valence-electron chi connectivity index (χ3n) is 4.28. The molecule has 2 rings (SSSR count). The first kappa shape index (κ1) is 16.5. The van der Waals surface area contributed by atoms with E-state index >= 15 is 0 Å². The summed E-state index contributed by atoms with van der Waals surface area (Å²) in [7, 11) is 0. The van der Waals surface area contributed by atoms with Gasteiger partial charge in [-0.15, -0.1) is 0 Å². The van der Waals surface area contributed by atoms with Crippen molar-refractivity contribution in [1.82, 2.24) is 0 Å². The largest absolute Gasteiger partial charge is 0.0992 e. The Balaban J connectivity index is 2.39. The van der Waals surface area contributed by atoms with Gasteiger partial charge in [-0.2, -0.15) is 0 Å². The van der Waals surface area contributed by atoms with E-state index in [1.165, 1.54) is 27.8 Å². The third kappa shape index (κ3) is 4.10. The quantitative estimate of drug-likeness (QED) is 0.523. The Labute approximate surface area is 136 Å². The van der Waals surface area contributed by atoms with E-state index < -0.39 is 0 Å². The van der Waals surface area contributed by atoms with Crippen LogP contribution in [0.25, 0.3) is 0 Å². The Hall–Kier alpha value is -1.82. The molecule has 0 saturated heterocycles. The molecule has 0 N–H and O–H groups in total. The van der Waals surface area contributed by atoms with Gasteiger partial charge in [0.05, 0.1) is 0 Å². The van der Waals surface area contributed by atoms with Crippen molar-refractivity contribution >= 4 is 0 Å². The SMILES string of the molecule is C=C(C)C(C1=CC(C)=CCC1)c1ccccc1C/C=C\CC. The molecule has 1 aromatic rings. The van der Waals surface area contributed by atoms with Crippen molar-refractivity contribution < 1.29 is 0 Å². The molecule has 1 aromatic carbocycles. The fourth-order valence-electron chi connectivity index (χ4n) is 3.28. The molecular formula is C22H28. The number of hydrogen-bond donors (Lipinski definition) is 0. The zero-order valence-electron chi connectivity index (χ0n) is 14.2. The van der Waals surface area contributed by atoms with Crippen LogP contribution in [0.15, 0.2) is 71.9 Å². The summed E-state index contributed by atoms with van der Waals surface area (Å²) in [4.78, 5) is 0. The molecule has 0 aromatic heterocycles. The van der Waals surface area contributed by atoms with E-state index in [1.807, 2.05) is 0 Å². The average Bonchev–Trinajstić information content (AvgIpc) is 2.49. The highest BCUT2D eigenvalue weighted by molar-refractivity contribution is 5.45. The Kier molecular flexibility index (Phi) is 6.00. The summed E-state index contributed by atoms with van der Waals surface area (Å²) >= 11 is 0. The van der Waals surface area contributed by atoms with E-state index in [1.54, 1.807) is 0 Å². The van der Waals surface area contributed by atoms with E-state index in [2.05, 4.69) is 75.9 Å². The van der Waals surface area contributed by atoms with Crippen molar-refractivity contribution in [3.8, 4) is 0 Å². The molecule has 0 bridgehead atoms. The van der Waals surface area contributed by atoms with Crippen molar-refractivity contribution in [3.63, 3.8) is 0 Å². The molecule has 0 radical (unpaired) electrons. The highest BCUT2D eigenvalue weighted by Gasteiger charge is 2.20. The second-order valence-corrected chi connectivity index (χ2v) is 6.27. The van der Waals surface area contributed by atoms with Crippen LogP contribution in [0, 0.1) is 0 Å². The van der Waals surface area contributed by atoms with Gasteiger partial charge in [-0.3, -0.25) is 0 Å². The van der Waals surface area contributed by atoms with Crippen molar-refractivity contribution in [2.24, 2.45) is 0 Å². The molecule has 1 atom stereocenters. The molecular weight excluding hydrogens is 264 g/mol. The minimum atomic E-state index is 0.356.